The molecule has 0 bridgehead atoms. The van der Waals surface area contributed by atoms with E-state index in [1.54, 1.807) is 24.3 Å². The van der Waals surface area contributed by atoms with Crippen molar-refractivity contribution >= 4 is 11.7 Å². The Balaban J connectivity index is 1.70. The van der Waals surface area contributed by atoms with Gasteiger partial charge in [-0.3, -0.25) is 0 Å². The normalized spacial score (nSPS) is 21.4. The minimum Gasteiger partial charge on any atom is -0.491 e. The maximum Gasteiger partial charge on any atom is 0.319 e. The Kier molecular flexibility index (Phi) is 7.89. The molecule has 27 heavy (non-hydrogen) atoms. The average Bonchev–Trinajstić information content (AvgIpc) is 2.61. The summed E-state index contributed by atoms with van der Waals surface area (Å²) in [5.41, 5.74) is 0.623. The van der Waals surface area contributed by atoms with Gasteiger partial charge in [0.25, 0.3) is 0 Å². The Bertz CT molecular complexity index is 578. The van der Waals surface area contributed by atoms with Crippen LogP contribution in [0.3, 0.4) is 0 Å². The fraction of sp³-hybridized carbons (Fsp3) is 0.650. The predicted molar refractivity (Wildman–Crippen MR) is 106 cm³/mol. The van der Waals surface area contributed by atoms with Gasteiger partial charge in [0.2, 0.25) is 0 Å². The molecule has 1 aliphatic carbocycles. The lowest BCUT2D eigenvalue weighted by Crippen LogP contribution is -2.42. The molecule has 152 valence electrons. The van der Waals surface area contributed by atoms with Crippen molar-refractivity contribution in [3.05, 3.63) is 24.3 Å². The summed E-state index contributed by atoms with van der Waals surface area (Å²) in [6.07, 6.45) is 2.23. The Morgan fingerprint density at radius 3 is 2.41 bits per heavy atom. The van der Waals surface area contributed by atoms with E-state index in [4.69, 9.17) is 4.74 Å². The molecule has 7 nitrogen and oxygen atoms in total. The number of aliphatic hydroxyl groups is 2. The molecular formula is C20H33N3O4. The van der Waals surface area contributed by atoms with Gasteiger partial charge in [-0.25, -0.2) is 4.79 Å². The van der Waals surface area contributed by atoms with Gasteiger partial charge in [-0.15, -0.1) is 0 Å². The second-order valence-electron chi connectivity index (χ2n) is 8.22. The molecule has 0 spiro atoms. The summed E-state index contributed by atoms with van der Waals surface area (Å²) < 4.78 is 5.58. The van der Waals surface area contributed by atoms with Crippen LogP contribution in [0, 0.1) is 0 Å². The average molecular weight is 380 g/mol. The molecule has 1 atom stereocenters. The number of aliphatic hydroxyl groups excluding tert-OH is 2. The first-order chi connectivity index (χ1) is 12.7. The van der Waals surface area contributed by atoms with E-state index >= 15 is 0 Å². The Morgan fingerprint density at radius 1 is 1.19 bits per heavy atom. The first-order valence-corrected chi connectivity index (χ1v) is 9.63. The highest BCUT2D eigenvalue weighted by atomic mass is 16.5. The summed E-state index contributed by atoms with van der Waals surface area (Å²) >= 11 is 0. The number of rotatable bonds is 7. The minimum absolute atomic E-state index is 0.0493. The largest absolute Gasteiger partial charge is 0.491 e. The molecule has 0 heterocycles. The molecule has 1 aliphatic rings. The standard InChI is InChI=1S/C20H33N3O4/c1-20(2,3)21-12-17(25)13-27-18-10-6-15(7-11-18)23-19(26)22-14-4-8-16(24)9-5-14/h6-7,10-11,14,16-17,21,24-25H,4-5,8-9,12-13H2,1-3H3,(H2,22,23,26). The highest BCUT2D eigenvalue weighted by molar-refractivity contribution is 5.89. The zero-order valence-electron chi connectivity index (χ0n) is 16.5. The van der Waals surface area contributed by atoms with Gasteiger partial charge in [0, 0.05) is 23.8 Å². The molecule has 0 aromatic heterocycles. The van der Waals surface area contributed by atoms with Gasteiger partial charge >= 0.3 is 6.03 Å². The first kappa shape index (κ1) is 21.5. The van der Waals surface area contributed by atoms with E-state index in [-0.39, 0.29) is 30.3 Å². The maximum absolute atomic E-state index is 12.1. The van der Waals surface area contributed by atoms with Crippen molar-refractivity contribution in [2.45, 2.75) is 70.2 Å². The first-order valence-electron chi connectivity index (χ1n) is 9.63. The highest BCUT2D eigenvalue weighted by Crippen LogP contribution is 2.19. The van der Waals surface area contributed by atoms with E-state index in [1.807, 2.05) is 20.8 Å². The van der Waals surface area contributed by atoms with Crippen molar-refractivity contribution in [3.63, 3.8) is 0 Å². The van der Waals surface area contributed by atoms with Gasteiger partial charge in [0.15, 0.2) is 0 Å². The molecule has 0 radical (unpaired) electrons. The molecule has 1 saturated carbocycles. The van der Waals surface area contributed by atoms with Crippen LogP contribution in [0.25, 0.3) is 0 Å². The van der Waals surface area contributed by atoms with Crippen molar-refractivity contribution in [3.8, 4) is 5.75 Å². The van der Waals surface area contributed by atoms with Crippen LogP contribution >= 0.6 is 0 Å². The van der Waals surface area contributed by atoms with Gasteiger partial charge in [-0.1, -0.05) is 0 Å². The SMILES string of the molecule is CC(C)(C)NCC(O)COc1ccc(NC(=O)NC2CCC(O)CC2)cc1. The van der Waals surface area contributed by atoms with Crippen molar-refractivity contribution in [1.29, 1.82) is 0 Å². The lowest BCUT2D eigenvalue weighted by atomic mass is 9.93. The molecule has 7 heteroatoms. The van der Waals surface area contributed by atoms with E-state index in [1.165, 1.54) is 0 Å². The lowest BCUT2D eigenvalue weighted by molar-refractivity contribution is 0.100. The van der Waals surface area contributed by atoms with Crippen LogP contribution in [0.1, 0.15) is 46.5 Å². The van der Waals surface area contributed by atoms with Crippen LogP contribution in [-0.4, -0.2) is 53.2 Å². The molecule has 2 amide bonds. The smallest absolute Gasteiger partial charge is 0.319 e. The molecule has 1 aromatic rings. The summed E-state index contributed by atoms with van der Waals surface area (Å²) in [5, 5.41) is 28.4. The summed E-state index contributed by atoms with van der Waals surface area (Å²) in [4.78, 5) is 12.1. The van der Waals surface area contributed by atoms with E-state index < -0.39 is 6.10 Å². The topological polar surface area (TPSA) is 103 Å². The zero-order chi connectivity index (χ0) is 19.9. The number of carbonyl (C=O) groups is 1. The number of hydrogen-bond donors (Lipinski definition) is 5. The Morgan fingerprint density at radius 2 is 1.81 bits per heavy atom. The predicted octanol–water partition coefficient (Wildman–Crippen LogP) is 2.24. The monoisotopic (exact) mass is 379 g/mol. The van der Waals surface area contributed by atoms with Gasteiger partial charge in [-0.2, -0.15) is 0 Å². The minimum atomic E-state index is -0.596. The van der Waals surface area contributed by atoms with Crippen LogP contribution in [0.2, 0.25) is 0 Å². The Hall–Kier alpha value is -1.83. The van der Waals surface area contributed by atoms with Crippen molar-refractivity contribution in [2.24, 2.45) is 0 Å². The number of hydrogen-bond acceptors (Lipinski definition) is 5. The number of anilines is 1. The number of carbonyl (C=O) groups excluding carboxylic acids is 1. The molecule has 0 saturated heterocycles. The maximum atomic E-state index is 12.1. The van der Waals surface area contributed by atoms with Crippen molar-refractivity contribution in [1.82, 2.24) is 10.6 Å². The second kappa shape index (κ2) is 9.92. The fourth-order valence-corrected chi connectivity index (χ4v) is 2.88. The fourth-order valence-electron chi connectivity index (χ4n) is 2.88. The number of urea groups is 1. The summed E-state index contributed by atoms with van der Waals surface area (Å²) in [5.74, 6) is 0.636. The third-order valence-electron chi connectivity index (χ3n) is 4.45. The molecule has 0 aliphatic heterocycles. The lowest BCUT2D eigenvalue weighted by Gasteiger charge is -2.26. The molecular weight excluding hydrogens is 346 g/mol. The van der Waals surface area contributed by atoms with Gasteiger partial charge in [-0.05, 0) is 70.7 Å². The highest BCUT2D eigenvalue weighted by Gasteiger charge is 2.20. The van der Waals surface area contributed by atoms with Crippen LogP contribution < -0.4 is 20.7 Å². The number of ether oxygens (including phenoxy) is 1. The van der Waals surface area contributed by atoms with E-state index in [2.05, 4.69) is 16.0 Å². The molecule has 2 rings (SSSR count). The van der Waals surface area contributed by atoms with Crippen molar-refractivity contribution < 1.29 is 19.7 Å². The summed E-state index contributed by atoms with van der Waals surface area (Å²) in [6.45, 7) is 6.78. The quantitative estimate of drug-likeness (QED) is 0.500. The third kappa shape index (κ3) is 8.60. The zero-order valence-corrected chi connectivity index (χ0v) is 16.5. The molecule has 1 fully saturated rings. The van der Waals surface area contributed by atoms with Gasteiger partial charge in [0.05, 0.1) is 6.10 Å². The van der Waals surface area contributed by atoms with Crippen LogP contribution in [0.15, 0.2) is 24.3 Å². The number of nitrogens with one attached hydrogen (secondary N) is 3. The second-order valence-corrected chi connectivity index (χ2v) is 8.22. The van der Waals surface area contributed by atoms with Gasteiger partial charge < -0.3 is 30.9 Å². The molecule has 1 unspecified atom stereocenters. The van der Waals surface area contributed by atoms with Crippen molar-refractivity contribution in [2.75, 3.05) is 18.5 Å². The third-order valence-corrected chi connectivity index (χ3v) is 4.45. The van der Waals surface area contributed by atoms with E-state index in [0.717, 1.165) is 25.7 Å². The summed E-state index contributed by atoms with van der Waals surface area (Å²) in [7, 11) is 0. The number of β-amino-alcohol motifs (C(OH)–C–C–N with tert-alkyl or cyclic N) is 1. The molecule has 1 aromatic carbocycles. The Labute approximate surface area is 161 Å². The number of amides is 2. The van der Waals surface area contributed by atoms with Gasteiger partial charge in [0.1, 0.15) is 18.5 Å². The number of benzene rings is 1. The molecule has 5 N–H and O–H groups in total. The van der Waals surface area contributed by atoms with Crippen LogP contribution in [0.5, 0.6) is 5.75 Å². The van der Waals surface area contributed by atoms with Crippen LogP contribution in [-0.2, 0) is 0 Å². The summed E-state index contributed by atoms with van der Waals surface area (Å²) in [6, 6.07) is 6.92. The van der Waals surface area contributed by atoms with Crippen LogP contribution in [0.4, 0.5) is 10.5 Å². The van der Waals surface area contributed by atoms with E-state index in [0.29, 0.717) is 18.0 Å². The van der Waals surface area contributed by atoms with E-state index in [9.17, 15) is 15.0 Å².